The van der Waals surface area contributed by atoms with Crippen molar-refractivity contribution in [2.75, 3.05) is 6.61 Å². The zero-order valence-corrected chi connectivity index (χ0v) is 18.5. The number of fused-ring (bicyclic) bond motifs is 1. The molecule has 0 saturated heterocycles. The molecule has 1 N–H and O–H groups in total. The molecule has 0 bridgehead atoms. The molecule has 0 aliphatic carbocycles. The lowest BCUT2D eigenvalue weighted by atomic mass is 10.2. The van der Waals surface area contributed by atoms with Crippen LogP contribution in [-0.4, -0.2) is 41.5 Å². The van der Waals surface area contributed by atoms with Crippen molar-refractivity contribution in [1.82, 2.24) is 9.13 Å². The molecule has 0 spiro atoms. The van der Waals surface area contributed by atoms with Crippen molar-refractivity contribution in [2.24, 2.45) is 0 Å². The van der Waals surface area contributed by atoms with Gasteiger partial charge in [-0.2, -0.15) is 8.78 Å². The molecule has 0 radical (unpaired) electrons. The van der Waals surface area contributed by atoms with Gasteiger partial charge in [0.05, 0.1) is 22.3 Å². The minimum Gasteiger partial charge on any atom is -0.478 e. The molecule has 0 fully saturated rings. The smallest absolute Gasteiger partial charge is 0.387 e. The fraction of sp³-hybridized carbons (Fsp3) is 0.333. The first-order valence-electron chi connectivity index (χ1n) is 9.68. The number of carboxylic acids is 1. The molecule has 2 aromatic carbocycles. The molecule has 31 heavy (non-hydrogen) atoms. The average molecular weight is 451 g/mol. The number of rotatable bonds is 9. The average Bonchev–Trinajstić information content (AvgIpc) is 2.94. The Bertz CT molecular complexity index is 1150. The summed E-state index contributed by atoms with van der Waals surface area (Å²) in [7, 11) is -1.32. The highest BCUT2D eigenvalue weighted by atomic mass is 28.3. The van der Waals surface area contributed by atoms with Crippen LogP contribution in [0.3, 0.4) is 0 Å². The lowest BCUT2D eigenvalue weighted by molar-refractivity contribution is -0.0498. The predicted octanol–water partition coefficient (Wildman–Crippen LogP) is 4.40. The van der Waals surface area contributed by atoms with Crippen LogP contribution in [0.1, 0.15) is 10.4 Å². The van der Waals surface area contributed by atoms with Gasteiger partial charge in [0.15, 0.2) is 0 Å². The zero-order valence-electron chi connectivity index (χ0n) is 17.5. The number of hydrogen-bond acceptors (Lipinski definition) is 4. The number of carbonyl (C=O) groups is 1. The summed E-state index contributed by atoms with van der Waals surface area (Å²) in [6.07, 6.45) is 0. The highest BCUT2D eigenvalue weighted by Crippen LogP contribution is 2.23. The third-order valence-corrected chi connectivity index (χ3v) is 6.40. The Morgan fingerprint density at radius 2 is 1.87 bits per heavy atom. The number of ether oxygens (including phenoxy) is 2. The van der Waals surface area contributed by atoms with Crippen LogP contribution in [0.4, 0.5) is 8.78 Å². The van der Waals surface area contributed by atoms with Crippen LogP contribution in [0.5, 0.6) is 5.75 Å². The van der Waals surface area contributed by atoms with Crippen LogP contribution in [0.15, 0.2) is 47.3 Å². The number of halogens is 2. The van der Waals surface area contributed by atoms with Gasteiger partial charge in [-0.25, -0.2) is 9.59 Å². The van der Waals surface area contributed by atoms with E-state index in [4.69, 9.17) is 4.74 Å². The van der Waals surface area contributed by atoms with Gasteiger partial charge in [0, 0.05) is 20.7 Å². The van der Waals surface area contributed by atoms with Crippen molar-refractivity contribution in [1.29, 1.82) is 0 Å². The van der Waals surface area contributed by atoms with Crippen LogP contribution in [0, 0.1) is 0 Å². The molecule has 0 aliphatic rings. The maximum atomic E-state index is 13.2. The van der Waals surface area contributed by atoms with Crippen molar-refractivity contribution in [2.45, 2.75) is 39.0 Å². The SMILES string of the molecule is C[Si](C)(C)CCOCn1c(=O)n(-c2cccc(OC(F)F)c2)c2ccc(C(=O)O)cc21. The highest BCUT2D eigenvalue weighted by molar-refractivity contribution is 6.76. The quantitative estimate of drug-likeness (QED) is 0.386. The van der Waals surface area contributed by atoms with Gasteiger partial charge in [-0.15, -0.1) is 0 Å². The van der Waals surface area contributed by atoms with Crippen molar-refractivity contribution < 1.29 is 28.2 Å². The first kappa shape index (κ1) is 22.7. The van der Waals surface area contributed by atoms with E-state index in [-0.39, 0.29) is 18.0 Å². The molecule has 3 aromatic rings. The van der Waals surface area contributed by atoms with Gasteiger partial charge < -0.3 is 14.6 Å². The second kappa shape index (κ2) is 9.02. The van der Waals surface area contributed by atoms with E-state index >= 15 is 0 Å². The minimum atomic E-state index is -2.99. The summed E-state index contributed by atoms with van der Waals surface area (Å²) >= 11 is 0. The van der Waals surface area contributed by atoms with E-state index < -0.39 is 26.3 Å². The number of imidazole rings is 1. The number of benzene rings is 2. The van der Waals surface area contributed by atoms with Crippen LogP contribution in [0.2, 0.25) is 25.7 Å². The van der Waals surface area contributed by atoms with Crippen LogP contribution in [0.25, 0.3) is 16.7 Å². The van der Waals surface area contributed by atoms with Gasteiger partial charge in [0.1, 0.15) is 12.5 Å². The van der Waals surface area contributed by atoms with E-state index in [1.54, 1.807) is 6.07 Å². The summed E-state index contributed by atoms with van der Waals surface area (Å²) in [5.74, 6) is -1.21. The molecule has 0 aliphatic heterocycles. The van der Waals surface area contributed by atoms with Crippen molar-refractivity contribution in [3.63, 3.8) is 0 Å². The Kier molecular flexibility index (Phi) is 6.61. The number of carboxylic acid groups (broad SMARTS) is 1. The zero-order chi connectivity index (χ0) is 22.8. The van der Waals surface area contributed by atoms with Crippen LogP contribution in [-0.2, 0) is 11.5 Å². The van der Waals surface area contributed by atoms with Gasteiger partial charge in [-0.1, -0.05) is 25.7 Å². The van der Waals surface area contributed by atoms with Gasteiger partial charge in [0.25, 0.3) is 0 Å². The monoisotopic (exact) mass is 450 g/mol. The van der Waals surface area contributed by atoms with Crippen LogP contribution >= 0.6 is 0 Å². The molecule has 0 saturated carbocycles. The third kappa shape index (κ3) is 5.39. The van der Waals surface area contributed by atoms with Crippen molar-refractivity contribution >= 4 is 25.1 Å². The summed E-state index contributed by atoms with van der Waals surface area (Å²) in [5, 5.41) is 9.34. The molecule has 1 heterocycles. The van der Waals surface area contributed by atoms with E-state index in [0.29, 0.717) is 23.3 Å². The van der Waals surface area contributed by atoms with Crippen LogP contribution < -0.4 is 10.4 Å². The molecule has 0 atom stereocenters. The Hall–Kier alpha value is -2.98. The lowest BCUT2D eigenvalue weighted by Gasteiger charge is -2.15. The summed E-state index contributed by atoms with van der Waals surface area (Å²) in [6.45, 7) is 4.06. The standard InChI is InChI=1S/C21H24F2N2O5Si/c1-31(2,3)10-9-29-13-24-18-11-14(19(26)27)7-8-17(18)25(21(24)28)15-5-4-6-16(12-15)30-20(22)23/h4-8,11-12,20H,9-10,13H2,1-3H3,(H,26,27). The summed E-state index contributed by atoms with van der Waals surface area (Å²) in [5.41, 5.74) is 0.670. The Morgan fingerprint density at radius 3 is 2.52 bits per heavy atom. The van der Waals surface area contributed by atoms with E-state index in [1.807, 2.05) is 0 Å². The first-order valence-corrected chi connectivity index (χ1v) is 13.4. The molecular weight excluding hydrogens is 426 g/mol. The third-order valence-electron chi connectivity index (χ3n) is 4.69. The lowest BCUT2D eigenvalue weighted by Crippen LogP contribution is -2.26. The Labute approximate surface area is 178 Å². The summed E-state index contributed by atoms with van der Waals surface area (Å²) < 4.78 is 38.0. The first-order chi connectivity index (χ1) is 14.6. The molecule has 10 heteroatoms. The number of aromatic nitrogens is 2. The maximum Gasteiger partial charge on any atom is 0.387 e. The molecule has 7 nitrogen and oxygen atoms in total. The molecule has 0 unspecified atom stereocenters. The van der Waals surface area contributed by atoms with Gasteiger partial charge in [-0.3, -0.25) is 9.13 Å². The fourth-order valence-electron chi connectivity index (χ4n) is 3.10. The molecule has 166 valence electrons. The van der Waals surface area contributed by atoms with Crippen molar-refractivity contribution in [3.05, 3.63) is 58.5 Å². The second-order valence-electron chi connectivity index (χ2n) is 8.28. The molecule has 1 aromatic heterocycles. The van der Waals surface area contributed by atoms with E-state index in [2.05, 4.69) is 24.4 Å². The molecule has 3 rings (SSSR count). The number of aromatic carboxylic acids is 1. The highest BCUT2D eigenvalue weighted by Gasteiger charge is 2.18. The number of alkyl halides is 2. The maximum absolute atomic E-state index is 13.2. The predicted molar refractivity (Wildman–Crippen MR) is 115 cm³/mol. The fourth-order valence-corrected chi connectivity index (χ4v) is 3.85. The Balaban J connectivity index is 2.07. The van der Waals surface area contributed by atoms with E-state index in [9.17, 15) is 23.5 Å². The molecular formula is C21H24F2N2O5Si. The Morgan fingerprint density at radius 1 is 1.13 bits per heavy atom. The van der Waals surface area contributed by atoms with E-state index in [0.717, 1.165) is 6.04 Å². The normalized spacial score (nSPS) is 11.9. The number of nitrogens with zero attached hydrogens (tertiary/aromatic N) is 2. The summed E-state index contributed by atoms with van der Waals surface area (Å²) in [4.78, 5) is 24.6. The van der Waals surface area contributed by atoms with Gasteiger partial charge in [-0.05, 0) is 36.4 Å². The van der Waals surface area contributed by atoms with Gasteiger partial charge >= 0.3 is 18.3 Å². The van der Waals surface area contributed by atoms with Gasteiger partial charge in [0.2, 0.25) is 0 Å². The number of hydrogen-bond donors (Lipinski definition) is 1. The van der Waals surface area contributed by atoms with E-state index in [1.165, 1.54) is 45.5 Å². The largest absolute Gasteiger partial charge is 0.478 e. The molecule has 0 amide bonds. The second-order valence-corrected chi connectivity index (χ2v) is 13.9. The summed E-state index contributed by atoms with van der Waals surface area (Å²) in [6, 6.07) is 11.0. The van der Waals surface area contributed by atoms with Crippen molar-refractivity contribution in [3.8, 4) is 11.4 Å². The minimum absolute atomic E-state index is 0.0234. The topological polar surface area (TPSA) is 82.7 Å².